The third kappa shape index (κ3) is 2.96. The first-order valence-corrected chi connectivity index (χ1v) is 6.22. The standard InChI is InChI=1S/C15H16ClNO/c1-10-3-5-14(11(2)7-10)17-9-12-4-6-15(18)13(16)8-12/h3-8,17-18H,9H2,1-2H3. The molecule has 2 rings (SSSR count). The van der Waals surface area contributed by atoms with Crippen LogP contribution in [0.3, 0.4) is 0 Å². The van der Waals surface area contributed by atoms with Gasteiger partial charge >= 0.3 is 0 Å². The van der Waals surface area contributed by atoms with Gasteiger partial charge in [0.15, 0.2) is 0 Å². The van der Waals surface area contributed by atoms with Crippen LogP contribution in [-0.2, 0) is 6.54 Å². The lowest BCUT2D eigenvalue weighted by molar-refractivity contribution is 0.475. The summed E-state index contributed by atoms with van der Waals surface area (Å²) in [5.74, 6) is 0.118. The maximum atomic E-state index is 9.35. The van der Waals surface area contributed by atoms with Crippen molar-refractivity contribution in [1.29, 1.82) is 0 Å². The summed E-state index contributed by atoms with van der Waals surface area (Å²) >= 11 is 5.87. The number of phenols is 1. The Bertz CT molecular complexity index is 566. The van der Waals surface area contributed by atoms with Gasteiger partial charge in [-0.25, -0.2) is 0 Å². The predicted octanol–water partition coefficient (Wildman–Crippen LogP) is 4.27. The zero-order valence-corrected chi connectivity index (χ0v) is 11.3. The average molecular weight is 262 g/mol. The summed E-state index contributed by atoms with van der Waals surface area (Å²) in [6.45, 7) is 4.85. The number of rotatable bonds is 3. The second-order valence-corrected chi connectivity index (χ2v) is 4.86. The van der Waals surface area contributed by atoms with E-state index in [-0.39, 0.29) is 5.75 Å². The maximum absolute atomic E-state index is 9.35. The smallest absolute Gasteiger partial charge is 0.134 e. The third-order valence-corrected chi connectivity index (χ3v) is 3.18. The minimum atomic E-state index is 0.118. The molecule has 0 saturated carbocycles. The molecular formula is C15H16ClNO. The van der Waals surface area contributed by atoms with E-state index >= 15 is 0 Å². The molecule has 0 atom stereocenters. The van der Waals surface area contributed by atoms with Crippen molar-refractivity contribution in [2.24, 2.45) is 0 Å². The first kappa shape index (κ1) is 12.8. The highest BCUT2D eigenvalue weighted by molar-refractivity contribution is 6.32. The highest BCUT2D eigenvalue weighted by Gasteiger charge is 2.01. The summed E-state index contributed by atoms with van der Waals surface area (Å²) in [6, 6.07) is 11.5. The molecule has 0 aliphatic rings. The van der Waals surface area contributed by atoms with Crippen molar-refractivity contribution in [3.05, 3.63) is 58.1 Å². The SMILES string of the molecule is Cc1ccc(NCc2ccc(O)c(Cl)c2)c(C)c1. The number of aromatic hydroxyl groups is 1. The minimum absolute atomic E-state index is 0.118. The monoisotopic (exact) mass is 261 g/mol. The van der Waals surface area contributed by atoms with Gasteiger partial charge in [-0.2, -0.15) is 0 Å². The fourth-order valence-corrected chi connectivity index (χ4v) is 2.07. The van der Waals surface area contributed by atoms with Crippen molar-refractivity contribution in [1.82, 2.24) is 0 Å². The van der Waals surface area contributed by atoms with Crippen LogP contribution in [0.5, 0.6) is 5.75 Å². The molecule has 2 aromatic carbocycles. The zero-order chi connectivity index (χ0) is 13.1. The van der Waals surface area contributed by atoms with E-state index in [9.17, 15) is 5.11 Å². The van der Waals surface area contributed by atoms with E-state index in [1.807, 2.05) is 6.07 Å². The highest BCUT2D eigenvalue weighted by atomic mass is 35.5. The molecule has 0 heterocycles. The normalized spacial score (nSPS) is 10.4. The average Bonchev–Trinajstić information content (AvgIpc) is 2.32. The fraction of sp³-hybridized carbons (Fsp3) is 0.200. The van der Waals surface area contributed by atoms with Crippen LogP contribution in [0.15, 0.2) is 36.4 Å². The Kier molecular flexibility index (Phi) is 3.78. The maximum Gasteiger partial charge on any atom is 0.134 e. The van der Waals surface area contributed by atoms with Gasteiger partial charge in [0.25, 0.3) is 0 Å². The lowest BCUT2D eigenvalue weighted by Gasteiger charge is -2.10. The molecule has 0 amide bonds. The Hall–Kier alpha value is -1.67. The van der Waals surface area contributed by atoms with E-state index in [1.54, 1.807) is 12.1 Å². The summed E-state index contributed by atoms with van der Waals surface area (Å²) < 4.78 is 0. The van der Waals surface area contributed by atoms with Gasteiger partial charge in [0.2, 0.25) is 0 Å². The number of aryl methyl sites for hydroxylation is 2. The van der Waals surface area contributed by atoms with Crippen molar-refractivity contribution in [3.63, 3.8) is 0 Å². The van der Waals surface area contributed by atoms with Crippen LogP contribution in [0.2, 0.25) is 5.02 Å². The van der Waals surface area contributed by atoms with Crippen LogP contribution in [0, 0.1) is 13.8 Å². The molecule has 2 aromatic rings. The number of hydrogen-bond donors (Lipinski definition) is 2. The number of halogens is 1. The molecule has 0 fully saturated rings. The van der Waals surface area contributed by atoms with Gasteiger partial charge in [0.05, 0.1) is 5.02 Å². The Morgan fingerprint density at radius 2 is 1.89 bits per heavy atom. The minimum Gasteiger partial charge on any atom is -0.506 e. The Labute approximate surface area is 112 Å². The molecular weight excluding hydrogens is 246 g/mol. The van der Waals surface area contributed by atoms with E-state index in [4.69, 9.17) is 11.6 Å². The van der Waals surface area contributed by atoms with Gasteiger partial charge in [-0.05, 0) is 43.2 Å². The molecule has 3 heteroatoms. The molecule has 18 heavy (non-hydrogen) atoms. The molecule has 0 spiro atoms. The van der Waals surface area contributed by atoms with Gasteiger partial charge in [-0.15, -0.1) is 0 Å². The van der Waals surface area contributed by atoms with E-state index in [0.717, 1.165) is 11.3 Å². The Morgan fingerprint density at radius 3 is 2.56 bits per heavy atom. The molecule has 0 unspecified atom stereocenters. The first-order chi connectivity index (χ1) is 8.56. The van der Waals surface area contributed by atoms with Crippen LogP contribution in [0.1, 0.15) is 16.7 Å². The first-order valence-electron chi connectivity index (χ1n) is 5.85. The summed E-state index contributed by atoms with van der Waals surface area (Å²) in [7, 11) is 0. The van der Waals surface area contributed by atoms with Crippen LogP contribution in [-0.4, -0.2) is 5.11 Å². The van der Waals surface area contributed by atoms with Gasteiger partial charge in [-0.1, -0.05) is 35.4 Å². The molecule has 0 saturated heterocycles. The van der Waals surface area contributed by atoms with Crippen molar-refractivity contribution < 1.29 is 5.11 Å². The van der Waals surface area contributed by atoms with Crippen molar-refractivity contribution in [3.8, 4) is 5.75 Å². The number of phenolic OH excluding ortho intramolecular Hbond substituents is 1. The van der Waals surface area contributed by atoms with Gasteiger partial charge in [0, 0.05) is 12.2 Å². The summed E-state index contributed by atoms with van der Waals surface area (Å²) in [4.78, 5) is 0. The molecule has 0 aromatic heterocycles. The van der Waals surface area contributed by atoms with E-state index in [2.05, 4.69) is 37.4 Å². The second kappa shape index (κ2) is 5.32. The zero-order valence-electron chi connectivity index (χ0n) is 10.5. The van der Waals surface area contributed by atoms with E-state index in [0.29, 0.717) is 11.6 Å². The van der Waals surface area contributed by atoms with Crippen LogP contribution in [0.4, 0.5) is 5.69 Å². The predicted molar refractivity (Wildman–Crippen MR) is 76.4 cm³/mol. The molecule has 0 radical (unpaired) electrons. The summed E-state index contributed by atoms with van der Waals surface area (Å²) in [5.41, 5.74) is 4.63. The van der Waals surface area contributed by atoms with Crippen LogP contribution >= 0.6 is 11.6 Å². The fourth-order valence-electron chi connectivity index (χ4n) is 1.87. The number of benzene rings is 2. The quantitative estimate of drug-likeness (QED) is 0.865. The van der Waals surface area contributed by atoms with Crippen LogP contribution < -0.4 is 5.32 Å². The van der Waals surface area contributed by atoms with Crippen molar-refractivity contribution in [2.75, 3.05) is 5.32 Å². The molecule has 0 bridgehead atoms. The molecule has 2 N–H and O–H groups in total. The molecule has 94 valence electrons. The number of hydrogen-bond acceptors (Lipinski definition) is 2. The van der Waals surface area contributed by atoms with Gasteiger partial charge < -0.3 is 10.4 Å². The largest absolute Gasteiger partial charge is 0.506 e. The molecule has 2 nitrogen and oxygen atoms in total. The molecule has 0 aliphatic heterocycles. The summed E-state index contributed by atoms with van der Waals surface area (Å²) in [6.07, 6.45) is 0. The van der Waals surface area contributed by atoms with E-state index < -0.39 is 0 Å². The lowest BCUT2D eigenvalue weighted by atomic mass is 10.1. The topological polar surface area (TPSA) is 32.3 Å². The number of anilines is 1. The number of nitrogens with one attached hydrogen (secondary N) is 1. The molecule has 0 aliphatic carbocycles. The van der Waals surface area contributed by atoms with Crippen molar-refractivity contribution in [2.45, 2.75) is 20.4 Å². The van der Waals surface area contributed by atoms with E-state index in [1.165, 1.54) is 11.1 Å². The third-order valence-electron chi connectivity index (χ3n) is 2.88. The van der Waals surface area contributed by atoms with Gasteiger partial charge in [0.1, 0.15) is 5.75 Å². The van der Waals surface area contributed by atoms with Crippen molar-refractivity contribution >= 4 is 17.3 Å². The summed E-state index contributed by atoms with van der Waals surface area (Å²) in [5, 5.41) is 13.1. The van der Waals surface area contributed by atoms with Crippen LogP contribution in [0.25, 0.3) is 0 Å². The second-order valence-electron chi connectivity index (χ2n) is 4.46. The Morgan fingerprint density at radius 1 is 1.11 bits per heavy atom. The Balaban J connectivity index is 2.09. The van der Waals surface area contributed by atoms with Gasteiger partial charge in [-0.3, -0.25) is 0 Å². The lowest BCUT2D eigenvalue weighted by Crippen LogP contribution is -2.01. The highest BCUT2D eigenvalue weighted by Crippen LogP contribution is 2.24.